The minimum atomic E-state index is 0.170. The van der Waals surface area contributed by atoms with Crippen molar-refractivity contribution in [2.24, 2.45) is 0 Å². The van der Waals surface area contributed by atoms with Gasteiger partial charge in [-0.1, -0.05) is 12.8 Å². The molecule has 0 radical (unpaired) electrons. The normalized spacial score (nSPS) is 25.1. The van der Waals surface area contributed by atoms with Crippen LogP contribution in [0.2, 0.25) is 0 Å². The predicted molar refractivity (Wildman–Crippen MR) is 64.1 cm³/mol. The van der Waals surface area contributed by atoms with E-state index in [1.54, 1.807) is 19.4 Å². The zero-order valence-electron chi connectivity index (χ0n) is 9.32. The highest BCUT2D eigenvalue weighted by atomic mass is 35.5. The van der Waals surface area contributed by atoms with Gasteiger partial charge in [-0.3, -0.25) is 0 Å². The third-order valence-electron chi connectivity index (χ3n) is 2.84. The quantitative estimate of drug-likeness (QED) is 0.826. The summed E-state index contributed by atoms with van der Waals surface area (Å²) in [7, 11) is 1.59. The third-order valence-corrected chi connectivity index (χ3v) is 3.36. The lowest BCUT2D eigenvalue weighted by molar-refractivity contribution is 0.396. The Bertz CT molecular complexity index is 348. The molecule has 1 N–H and O–H groups in total. The van der Waals surface area contributed by atoms with Crippen molar-refractivity contribution in [2.75, 3.05) is 12.4 Å². The van der Waals surface area contributed by atoms with Crippen molar-refractivity contribution in [3.05, 3.63) is 12.3 Å². The van der Waals surface area contributed by atoms with Crippen LogP contribution in [0, 0.1) is 0 Å². The smallest absolute Gasteiger partial charge is 0.226 e. The van der Waals surface area contributed by atoms with Crippen molar-refractivity contribution in [3.8, 4) is 5.88 Å². The highest BCUT2D eigenvalue weighted by Gasteiger charge is 2.23. The second-order valence-corrected chi connectivity index (χ2v) is 4.53. The second-order valence-electron chi connectivity index (χ2n) is 3.97. The summed E-state index contributed by atoms with van der Waals surface area (Å²) >= 11 is 6.26. The summed E-state index contributed by atoms with van der Waals surface area (Å²) in [6, 6.07) is 1.99. The topological polar surface area (TPSA) is 47.0 Å². The van der Waals surface area contributed by atoms with E-state index in [0.29, 0.717) is 11.8 Å². The van der Waals surface area contributed by atoms with Gasteiger partial charge in [0.05, 0.1) is 12.5 Å². The van der Waals surface area contributed by atoms with Gasteiger partial charge in [0.15, 0.2) is 0 Å². The van der Waals surface area contributed by atoms with Crippen molar-refractivity contribution in [1.82, 2.24) is 9.97 Å². The molecule has 5 heteroatoms. The predicted octanol–water partition coefficient (Wildman–Crippen LogP) is 2.45. The first-order chi connectivity index (χ1) is 7.79. The first kappa shape index (κ1) is 11.5. The first-order valence-electron chi connectivity index (χ1n) is 5.57. The zero-order chi connectivity index (χ0) is 11.4. The fourth-order valence-electron chi connectivity index (χ4n) is 1.94. The van der Waals surface area contributed by atoms with Crippen molar-refractivity contribution >= 4 is 17.5 Å². The number of anilines is 1. The van der Waals surface area contributed by atoms with Crippen LogP contribution in [0.1, 0.15) is 25.7 Å². The van der Waals surface area contributed by atoms with Gasteiger partial charge in [0.1, 0.15) is 0 Å². The molecule has 1 aromatic rings. The molecule has 0 spiro atoms. The Balaban J connectivity index is 2.01. The molecule has 0 amide bonds. The van der Waals surface area contributed by atoms with Crippen LogP contribution in [-0.4, -0.2) is 28.5 Å². The van der Waals surface area contributed by atoms with Crippen LogP contribution < -0.4 is 10.1 Å². The van der Waals surface area contributed by atoms with Crippen molar-refractivity contribution in [2.45, 2.75) is 37.1 Å². The number of hydrogen-bond donors (Lipinski definition) is 1. The molecule has 2 rings (SSSR count). The Kier molecular flexibility index (Phi) is 3.83. The van der Waals surface area contributed by atoms with Gasteiger partial charge < -0.3 is 10.1 Å². The van der Waals surface area contributed by atoms with Crippen LogP contribution in [0.3, 0.4) is 0 Å². The summed E-state index contributed by atoms with van der Waals surface area (Å²) in [4.78, 5) is 8.37. The molecule has 0 saturated heterocycles. The van der Waals surface area contributed by atoms with E-state index in [9.17, 15) is 0 Å². The molecule has 1 aliphatic carbocycles. The SMILES string of the molecule is COc1ccnc(NC2CCCCC2Cl)n1. The van der Waals surface area contributed by atoms with Gasteiger partial charge >= 0.3 is 0 Å². The first-order valence-corrected chi connectivity index (χ1v) is 6.01. The maximum Gasteiger partial charge on any atom is 0.226 e. The number of alkyl halides is 1. The van der Waals surface area contributed by atoms with Crippen LogP contribution in [0.5, 0.6) is 5.88 Å². The van der Waals surface area contributed by atoms with Crippen LogP contribution in [0.4, 0.5) is 5.95 Å². The van der Waals surface area contributed by atoms with Crippen molar-refractivity contribution in [3.63, 3.8) is 0 Å². The Morgan fingerprint density at radius 2 is 2.25 bits per heavy atom. The van der Waals surface area contributed by atoms with E-state index >= 15 is 0 Å². The summed E-state index contributed by atoms with van der Waals surface area (Å²) in [6.45, 7) is 0. The molecule has 1 fully saturated rings. The van der Waals surface area contributed by atoms with E-state index < -0.39 is 0 Å². The maximum atomic E-state index is 6.26. The van der Waals surface area contributed by atoms with E-state index in [1.807, 2.05) is 0 Å². The molecule has 0 bridgehead atoms. The lowest BCUT2D eigenvalue weighted by Crippen LogP contribution is -2.33. The highest BCUT2D eigenvalue weighted by Crippen LogP contribution is 2.25. The Morgan fingerprint density at radius 1 is 1.44 bits per heavy atom. The van der Waals surface area contributed by atoms with Gasteiger partial charge in [-0.05, 0) is 12.8 Å². The van der Waals surface area contributed by atoms with Gasteiger partial charge in [-0.25, -0.2) is 4.98 Å². The van der Waals surface area contributed by atoms with Gasteiger partial charge in [-0.15, -0.1) is 11.6 Å². The van der Waals surface area contributed by atoms with Crippen LogP contribution in [0.25, 0.3) is 0 Å². The fourth-order valence-corrected chi connectivity index (χ4v) is 2.28. The van der Waals surface area contributed by atoms with E-state index in [4.69, 9.17) is 16.3 Å². The number of nitrogens with zero attached hydrogens (tertiary/aromatic N) is 2. The number of hydrogen-bond acceptors (Lipinski definition) is 4. The summed E-state index contributed by atoms with van der Waals surface area (Å²) in [5.41, 5.74) is 0. The van der Waals surface area contributed by atoms with Crippen LogP contribution in [-0.2, 0) is 0 Å². The largest absolute Gasteiger partial charge is 0.481 e. The second kappa shape index (κ2) is 5.34. The lowest BCUT2D eigenvalue weighted by atomic mass is 9.95. The summed E-state index contributed by atoms with van der Waals surface area (Å²) in [6.07, 6.45) is 6.24. The molecule has 1 aromatic heterocycles. The standard InChI is InChI=1S/C11H16ClN3O/c1-16-10-6-7-13-11(15-10)14-9-5-3-2-4-8(9)12/h6-9H,2-5H2,1H3,(H,13,14,15). The van der Waals surface area contributed by atoms with Crippen molar-refractivity contribution in [1.29, 1.82) is 0 Å². The molecule has 2 unspecified atom stereocenters. The van der Waals surface area contributed by atoms with Gasteiger partial charge in [-0.2, -0.15) is 4.98 Å². The average Bonchev–Trinajstić information content (AvgIpc) is 2.32. The molecule has 1 heterocycles. The Labute approximate surface area is 100 Å². The van der Waals surface area contributed by atoms with E-state index in [0.717, 1.165) is 12.8 Å². The molecule has 4 nitrogen and oxygen atoms in total. The molecule has 0 aromatic carbocycles. The number of methoxy groups -OCH3 is 1. The fraction of sp³-hybridized carbons (Fsp3) is 0.636. The van der Waals surface area contributed by atoms with Crippen molar-refractivity contribution < 1.29 is 4.74 Å². The van der Waals surface area contributed by atoms with E-state index in [2.05, 4.69) is 15.3 Å². The molecule has 88 valence electrons. The zero-order valence-corrected chi connectivity index (χ0v) is 10.1. The highest BCUT2D eigenvalue weighted by molar-refractivity contribution is 6.21. The Hall–Kier alpha value is -1.03. The van der Waals surface area contributed by atoms with Gasteiger partial charge in [0.25, 0.3) is 0 Å². The number of nitrogens with one attached hydrogen (secondary N) is 1. The molecule has 16 heavy (non-hydrogen) atoms. The maximum absolute atomic E-state index is 6.26. The minimum absolute atomic E-state index is 0.170. The molecule has 1 aliphatic rings. The van der Waals surface area contributed by atoms with E-state index in [-0.39, 0.29) is 11.4 Å². The molecular weight excluding hydrogens is 226 g/mol. The number of halogens is 1. The Morgan fingerprint density at radius 3 is 3.00 bits per heavy atom. The van der Waals surface area contributed by atoms with Gasteiger partial charge in [0, 0.05) is 18.3 Å². The molecule has 0 aliphatic heterocycles. The molecule has 2 atom stereocenters. The number of aromatic nitrogens is 2. The summed E-state index contributed by atoms with van der Waals surface area (Å²) < 4.78 is 5.05. The third kappa shape index (κ3) is 2.76. The lowest BCUT2D eigenvalue weighted by Gasteiger charge is -2.27. The van der Waals surface area contributed by atoms with Crippen LogP contribution >= 0.6 is 11.6 Å². The monoisotopic (exact) mass is 241 g/mol. The number of rotatable bonds is 3. The average molecular weight is 242 g/mol. The minimum Gasteiger partial charge on any atom is -0.481 e. The molecular formula is C11H16ClN3O. The van der Waals surface area contributed by atoms with Gasteiger partial charge in [0.2, 0.25) is 11.8 Å². The summed E-state index contributed by atoms with van der Waals surface area (Å²) in [5.74, 6) is 1.16. The van der Waals surface area contributed by atoms with Crippen LogP contribution in [0.15, 0.2) is 12.3 Å². The summed E-state index contributed by atoms with van der Waals surface area (Å²) in [5, 5.41) is 3.44. The molecule has 1 saturated carbocycles. The van der Waals surface area contributed by atoms with E-state index in [1.165, 1.54) is 12.8 Å². The number of ether oxygens (including phenoxy) is 1.